The molecule has 2 aromatic carbocycles. The minimum Gasteiger partial charge on any atom is -0.492 e. The van der Waals surface area contributed by atoms with Gasteiger partial charge in [0.15, 0.2) is 0 Å². The van der Waals surface area contributed by atoms with Crippen molar-refractivity contribution in [3.63, 3.8) is 0 Å². The first kappa shape index (κ1) is 20.8. The number of ether oxygens (including phenoxy) is 1. The molecule has 1 N–H and O–H groups in total. The summed E-state index contributed by atoms with van der Waals surface area (Å²) in [4.78, 5) is 12.5. The van der Waals surface area contributed by atoms with Gasteiger partial charge in [-0.05, 0) is 50.6 Å². The predicted molar refractivity (Wildman–Crippen MR) is 108 cm³/mol. The molecular formula is C20H26N2O4S. The van der Waals surface area contributed by atoms with Crippen molar-refractivity contribution < 1.29 is 17.9 Å². The Morgan fingerprint density at radius 2 is 1.78 bits per heavy atom. The number of hydrogen-bond donors (Lipinski definition) is 1. The van der Waals surface area contributed by atoms with Gasteiger partial charge in [-0.1, -0.05) is 29.8 Å². The Kier molecular flexibility index (Phi) is 6.85. The topological polar surface area (TPSA) is 75.7 Å². The van der Waals surface area contributed by atoms with Gasteiger partial charge in [0.05, 0.1) is 18.5 Å². The van der Waals surface area contributed by atoms with Crippen molar-refractivity contribution in [2.24, 2.45) is 0 Å². The van der Waals surface area contributed by atoms with Gasteiger partial charge in [-0.15, -0.1) is 0 Å². The van der Waals surface area contributed by atoms with E-state index in [2.05, 4.69) is 5.32 Å². The molecular weight excluding hydrogens is 364 g/mol. The van der Waals surface area contributed by atoms with E-state index in [9.17, 15) is 13.2 Å². The van der Waals surface area contributed by atoms with Crippen LogP contribution in [-0.2, 0) is 14.8 Å². The highest BCUT2D eigenvalue weighted by molar-refractivity contribution is 7.92. The summed E-state index contributed by atoms with van der Waals surface area (Å²) >= 11 is 0. The van der Waals surface area contributed by atoms with Crippen LogP contribution in [-0.4, -0.2) is 39.8 Å². The molecule has 0 aliphatic rings. The number of rotatable bonds is 8. The van der Waals surface area contributed by atoms with Crippen LogP contribution in [0.5, 0.6) is 5.75 Å². The lowest BCUT2D eigenvalue weighted by molar-refractivity contribution is -0.121. The standard InChI is InChI=1S/C20H26N2O4S/c1-15-8-10-18(11-9-15)22(27(4,24)25)17(3)20(23)21-12-13-26-19-7-5-6-16(2)14-19/h5-11,14,17H,12-13H2,1-4H3,(H,21,23)/t17-/m1/s1. The smallest absolute Gasteiger partial charge is 0.243 e. The Labute approximate surface area is 161 Å². The average Bonchev–Trinajstić information content (AvgIpc) is 2.59. The highest BCUT2D eigenvalue weighted by atomic mass is 32.2. The second-order valence-electron chi connectivity index (χ2n) is 6.53. The van der Waals surface area contributed by atoms with Crippen LogP contribution in [0.25, 0.3) is 0 Å². The Morgan fingerprint density at radius 1 is 1.11 bits per heavy atom. The maximum Gasteiger partial charge on any atom is 0.243 e. The first-order chi connectivity index (χ1) is 12.7. The van der Waals surface area contributed by atoms with E-state index in [1.807, 2.05) is 50.2 Å². The van der Waals surface area contributed by atoms with Gasteiger partial charge in [0.2, 0.25) is 15.9 Å². The zero-order valence-corrected chi connectivity index (χ0v) is 16.9. The van der Waals surface area contributed by atoms with Gasteiger partial charge in [-0.3, -0.25) is 9.10 Å². The van der Waals surface area contributed by atoms with Crippen LogP contribution < -0.4 is 14.4 Å². The van der Waals surface area contributed by atoms with Gasteiger partial charge >= 0.3 is 0 Å². The number of hydrogen-bond acceptors (Lipinski definition) is 4. The summed E-state index contributed by atoms with van der Waals surface area (Å²) in [5.74, 6) is 0.351. The quantitative estimate of drug-likeness (QED) is 0.703. The molecule has 0 spiro atoms. The molecule has 0 aliphatic heterocycles. The number of sulfonamides is 1. The molecule has 27 heavy (non-hydrogen) atoms. The first-order valence-corrected chi connectivity index (χ1v) is 10.6. The van der Waals surface area contributed by atoms with Crippen LogP contribution in [0.15, 0.2) is 48.5 Å². The molecule has 1 amide bonds. The fourth-order valence-electron chi connectivity index (χ4n) is 2.70. The Morgan fingerprint density at radius 3 is 2.37 bits per heavy atom. The number of amides is 1. The van der Waals surface area contributed by atoms with Gasteiger partial charge < -0.3 is 10.1 Å². The number of anilines is 1. The predicted octanol–water partition coefficient (Wildman–Crippen LogP) is 2.65. The van der Waals surface area contributed by atoms with Crippen molar-refractivity contribution >= 4 is 21.6 Å². The second kappa shape index (κ2) is 8.90. The Balaban J connectivity index is 1.97. The number of benzene rings is 2. The molecule has 146 valence electrons. The summed E-state index contributed by atoms with van der Waals surface area (Å²) < 4.78 is 31.2. The van der Waals surface area contributed by atoms with Gasteiger partial charge in [-0.25, -0.2) is 8.42 Å². The third-order valence-electron chi connectivity index (χ3n) is 4.04. The molecule has 2 aromatic rings. The second-order valence-corrected chi connectivity index (χ2v) is 8.39. The summed E-state index contributed by atoms with van der Waals surface area (Å²) in [5.41, 5.74) is 2.56. The molecule has 0 fully saturated rings. The molecule has 2 rings (SSSR count). The fraction of sp³-hybridized carbons (Fsp3) is 0.350. The molecule has 0 unspecified atom stereocenters. The number of aryl methyl sites for hydroxylation is 2. The van der Waals surface area contributed by atoms with Gasteiger partial charge in [0.1, 0.15) is 18.4 Å². The van der Waals surface area contributed by atoms with Crippen molar-refractivity contribution in [1.29, 1.82) is 0 Å². The molecule has 0 saturated heterocycles. The molecule has 7 heteroatoms. The Bertz CT molecular complexity index is 879. The van der Waals surface area contributed by atoms with E-state index in [0.717, 1.165) is 27.4 Å². The highest BCUT2D eigenvalue weighted by Crippen LogP contribution is 2.21. The van der Waals surface area contributed by atoms with Crippen LogP contribution >= 0.6 is 0 Å². The molecule has 0 aliphatic carbocycles. The van der Waals surface area contributed by atoms with E-state index >= 15 is 0 Å². The van der Waals surface area contributed by atoms with Gasteiger partial charge in [0, 0.05) is 0 Å². The number of carbonyl (C=O) groups is 1. The zero-order valence-electron chi connectivity index (χ0n) is 16.1. The maximum atomic E-state index is 12.5. The molecule has 0 bridgehead atoms. The fourth-order valence-corrected chi connectivity index (χ4v) is 3.87. The third-order valence-corrected chi connectivity index (χ3v) is 5.28. The van der Waals surface area contributed by atoms with Crippen molar-refractivity contribution in [3.8, 4) is 5.75 Å². The zero-order chi connectivity index (χ0) is 20.0. The molecule has 0 saturated carbocycles. The summed E-state index contributed by atoms with van der Waals surface area (Å²) in [5, 5.41) is 2.73. The SMILES string of the molecule is Cc1ccc(N([C@H](C)C(=O)NCCOc2cccc(C)c2)S(C)(=O)=O)cc1. The molecule has 0 aromatic heterocycles. The Hall–Kier alpha value is -2.54. The van der Waals surface area contributed by atoms with Crippen molar-refractivity contribution in [3.05, 3.63) is 59.7 Å². The summed E-state index contributed by atoms with van der Waals surface area (Å²) in [6, 6.07) is 13.8. The van der Waals surface area contributed by atoms with Crippen molar-refractivity contribution in [2.45, 2.75) is 26.8 Å². The number of nitrogens with one attached hydrogen (secondary N) is 1. The first-order valence-electron chi connectivity index (χ1n) is 8.72. The summed E-state index contributed by atoms with van der Waals surface area (Å²) in [7, 11) is -3.61. The largest absolute Gasteiger partial charge is 0.492 e. The number of nitrogens with zero attached hydrogens (tertiary/aromatic N) is 1. The van der Waals surface area contributed by atoms with Crippen molar-refractivity contribution in [2.75, 3.05) is 23.7 Å². The minimum atomic E-state index is -3.61. The lowest BCUT2D eigenvalue weighted by atomic mass is 10.2. The van der Waals surface area contributed by atoms with Crippen molar-refractivity contribution in [1.82, 2.24) is 5.32 Å². The monoisotopic (exact) mass is 390 g/mol. The van der Waals surface area contributed by atoms with Crippen LogP contribution in [0.4, 0.5) is 5.69 Å². The van der Waals surface area contributed by atoms with E-state index < -0.39 is 16.1 Å². The molecule has 6 nitrogen and oxygen atoms in total. The van der Waals surface area contributed by atoms with E-state index in [-0.39, 0.29) is 12.5 Å². The molecule has 0 heterocycles. The lowest BCUT2D eigenvalue weighted by Crippen LogP contribution is -2.48. The van der Waals surface area contributed by atoms with E-state index in [4.69, 9.17) is 4.74 Å². The highest BCUT2D eigenvalue weighted by Gasteiger charge is 2.28. The maximum absolute atomic E-state index is 12.5. The van der Waals surface area contributed by atoms with Crippen LogP contribution in [0.3, 0.4) is 0 Å². The van der Waals surface area contributed by atoms with E-state index in [0.29, 0.717) is 12.3 Å². The van der Waals surface area contributed by atoms with E-state index in [1.54, 1.807) is 19.1 Å². The number of carbonyl (C=O) groups excluding carboxylic acids is 1. The lowest BCUT2D eigenvalue weighted by Gasteiger charge is -2.28. The van der Waals surface area contributed by atoms with Gasteiger partial charge in [-0.2, -0.15) is 0 Å². The molecule has 0 radical (unpaired) electrons. The van der Waals surface area contributed by atoms with Crippen LogP contribution in [0, 0.1) is 13.8 Å². The van der Waals surface area contributed by atoms with E-state index in [1.165, 1.54) is 0 Å². The van der Waals surface area contributed by atoms with Crippen LogP contribution in [0.1, 0.15) is 18.1 Å². The van der Waals surface area contributed by atoms with Crippen LogP contribution in [0.2, 0.25) is 0 Å². The average molecular weight is 391 g/mol. The summed E-state index contributed by atoms with van der Waals surface area (Å²) in [6.45, 7) is 6.03. The molecule has 1 atom stereocenters. The normalized spacial score (nSPS) is 12.3. The summed E-state index contributed by atoms with van der Waals surface area (Å²) in [6.07, 6.45) is 1.09. The minimum absolute atomic E-state index is 0.280. The van der Waals surface area contributed by atoms with Gasteiger partial charge in [0.25, 0.3) is 0 Å². The third kappa shape index (κ3) is 5.99.